The third-order valence-corrected chi connectivity index (χ3v) is 7.61. The summed E-state index contributed by atoms with van der Waals surface area (Å²) < 4.78 is 22.0. The van der Waals surface area contributed by atoms with E-state index >= 15 is 0 Å². The van der Waals surface area contributed by atoms with Crippen LogP contribution >= 0.6 is 12.0 Å². The van der Waals surface area contributed by atoms with E-state index in [0.717, 1.165) is 16.7 Å². The van der Waals surface area contributed by atoms with Gasteiger partial charge in [-0.25, -0.2) is 4.79 Å². The Morgan fingerprint density at radius 1 is 0.769 bits per heavy atom. The molecule has 4 aromatic carbocycles. The number of nitro benzene ring substituents is 1. The highest BCUT2D eigenvalue weighted by molar-refractivity contribution is 7.96. The lowest BCUT2D eigenvalue weighted by Gasteiger charge is -2.35. The SMILES string of the molecule is O=C(Oc1ccc([N+](=O)[O-])cc1)OC1COCC1OSC(c1ccccc1)(c1ccccc1)c1ccccc1. The number of rotatable bonds is 9. The molecule has 9 heteroatoms. The predicted octanol–water partition coefficient (Wildman–Crippen LogP) is 6.53. The van der Waals surface area contributed by atoms with Crippen molar-refractivity contribution in [2.75, 3.05) is 13.2 Å². The maximum absolute atomic E-state index is 12.5. The van der Waals surface area contributed by atoms with Crippen LogP contribution in [-0.4, -0.2) is 36.5 Å². The summed E-state index contributed by atoms with van der Waals surface area (Å²) in [5.41, 5.74) is 2.98. The third-order valence-electron chi connectivity index (χ3n) is 6.31. The molecule has 4 aromatic rings. The molecule has 1 fully saturated rings. The summed E-state index contributed by atoms with van der Waals surface area (Å²) in [6, 6.07) is 35.5. The first kappa shape index (κ1) is 26.4. The molecule has 0 N–H and O–H groups in total. The molecule has 0 radical (unpaired) electrons. The maximum Gasteiger partial charge on any atom is 0.514 e. The van der Waals surface area contributed by atoms with Crippen molar-refractivity contribution in [3.63, 3.8) is 0 Å². The molecule has 39 heavy (non-hydrogen) atoms. The van der Waals surface area contributed by atoms with Crippen LogP contribution in [0.2, 0.25) is 0 Å². The van der Waals surface area contributed by atoms with Crippen LogP contribution in [0, 0.1) is 10.1 Å². The highest BCUT2D eigenvalue weighted by Gasteiger charge is 2.42. The molecule has 0 amide bonds. The van der Waals surface area contributed by atoms with E-state index in [2.05, 4.69) is 36.4 Å². The van der Waals surface area contributed by atoms with Crippen molar-refractivity contribution >= 4 is 23.9 Å². The Bertz CT molecular complexity index is 1290. The van der Waals surface area contributed by atoms with Gasteiger partial charge in [0.15, 0.2) is 6.10 Å². The number of carbonyl (C=O) groups is 1. The van der Waals surface area contributed by atoms with E-state index in [9.17, 15) is 14.9 Å². The van der Waals surface area contributed by atoms with E-state index in [1.165, 1.54) is 36.3 Å². The zero-order valence-electron chi connectivity index (χ0n) is 20.8. The van der Waals surface area contributed by atoms with Crippen LogP contribution in [0.25, 0.3) is 0 Å². The average molecular weight is 544 g/mol. The summed E-state index contributed by atoms with van der Waals surface area (Å²) in [6.07, 6.45) is -2.21. The van der Waals surface area contributed by atoms with E-state index in [0.29, 0.717) is 0 Å². The topological polar surface area (TPSA) is 97.1 Å². The van der Waals surface area contributed by atoms with E-state index in [1.54, 1.807) is 0 Å². The predicted molar refractivity (Wildman–Crippen MR) is 146 cm³/mol. The summed E-state index contributed by atoms with van der Waals surface area (Å²) >= 11 is 1.29. The molecule has 1 saturated heterocycles. The number of hydrogen-bond donors (Lipinski definition) is 0. The Labute approximate surface area is 229 Å². The van der Waals surface area contributed by atoms with E-state index in [-0.39, 0.29) is 24.7 Å². The summed E-state index contributed by atoms with van der Waals surface area (Å²) in [4.78, 5) is 22.8. The zero-order valence-corrected chi connectivity index (χ0v) is 21.6. The molecular weight excluding hydrogens is 518 g/mol. The van der Waals surface area contributed by atoms with Crippen molar-refractivity contribution < 1.29 is 28.1 Å². The molecule has 0 aromatic heterocycles. The van der Waals surface area contributed by atoms with Gasteiger partial charge in [-0.3, -0.25) is 10.1 Å². The molecule has 2 unspecified atom stereocenters. The van der Waals surface area contributed by atoms with Gasteiger partial charge in [0.2, 0.25) is 0 Å². The molecule has 0 aliphatic carbocycles. The normalized spacial score (nSPS) is 16.9. The maximum atomic E-state index is 12.5. The van der Waals surface area contributed by atoms with Crippen molar-refractivity contribution in [2.24, 2.45) is 0 Å². The fourth-order valence-corrected chi connectivity index (χ4v) is 5.54. The van der Waals surface area contributed by atoms with Gasteiger partial charge < -0.3 is 18.4 Å². The van der Waals surface area contributed by atoms with E-state index < -0.39 is 28.0 Å². The Kier molecular flexibility index (Phi) is 8.21. The molecule has 5 rings (SSSR count). The summed E-state index contributed by atoms with van der Waals surface area (Å²) in [7, 11) is 0. The van der Waals surface area contributed by atoms with Gasteiger partial charge in [-0.05, 0) is 28.8 Å². The van der Waals surface area contributed by atoms with Gasteiger partial charge in [-0.2, -0.15) is 0 Å². The van der Waals surface area contributed by atoms with Crippen LogP contribution < -0.4 is 4.74 Å². The lowest BCUT2D eigenvalue weighted by atomic mass is 9.84. The standard InChI is InChI=1S/C30H25NO7S/c32-29(36-26-18-16-25(17-19-26)31(33)34)37-27-20-35-21-28(27)38-39-30(22-10-4-1-5-11-22,23-12-6-2-7-13-23)24-14-8-3-9-15-24/h1-19,27-28H,20-21H2. The minimum absolute atomic E-state index is 0.107. The van der Waals surface area contributed by atoms with Crippen LogP contribution in [0.5, 0.6) is 5.75 Å². The third kappa shape index (κ3) is 5.96. The molecule has 1 aliphatic heterocycles. The first-order valence-electron chi connectivity index (χ1n) is 12.3. The van der Waals surface area contributed by atoms with Crippen molar-refractivity contribution in [1.82, 2.24) is 0 Å². The van der Waals surface area contributed by atoms with E-state index in [1.807, 2.05) is 54.6 Å². The van der Waals surface area contributed by atoms with Gasteiger partial charge in [-0.15, -0.1) is 0 Å². The van der Waals surface area contributed by atoms with Crippen molar-refractivity contribution in [3.8, 4) is 5.75 Å². The van der Waals surface area contributed by atoms with Gasteiger partial charge in [-0.1, -0.05) is 91.0 Å². The van der Waals surface area contributed by atoms with E-state index in [4.69, 9.17) is 18.4 Å². The molecule has 2 atom stereocenters. The fourth-order valence-electron chi connectivity index (χ4n) is 4.39. The van der Waals surface area contributed by atoms with Gasteiger partial charge in [0.05, 0.1) is 18.1 Å². The summed E-state index contributed by atoms with van der Waals surface area (Å²) in [6.45, 7) is 0.381. The summed E-state index contributed by atoms with van der Waals surface area (Å²) in [5, 5.41) is 10.8. The average Bonchev–Trinajstić information content (AvgIpc) is 3.42. The monoisotopic (exact) mass is 543 g/mol. The van der Waals surface area contributed by atoms with Crippen molar-refractivity contribution in [3.05, 3.63) is 142 Å². The van der Waals surface area contributed by atoms with Crippen molar-refractivity contribution in [1.29, 1.82) is 0 Å². The molecule has 8 nitrogen and oxygen atoms in total. The number of hydrogen-bond acceptors (Lipinski definition) is 8. The molecule has 1 aliphatic rings. The van der Waals surface area contributed by atoms with Crippen LogP contribution in [-0.2, 0) is 18.4 Å². The van der Waals surface area contributed by atoms with Crippen molar-refractivity contribution in [2.45, 2.75) is 17.0 Å². The smallest absolute Gasteiger partial charge is 0.425 e. The molecule has 1 heterocycles. The molecule has 198 valence electrons. The zero-order chi connectivity index (χ0) is 27.1. The first-order chi connectivity index (χ1) is 19.1. The lowest BCUT2D eigenvalue weighted by molar-refractivity contribution is -0.384. The number of ether oxygens (including phenoxy) is 3. The molecular formula is C30H25NO7S. The van der Waals surface area contributed by atoms with Gasteiger partial charge in [0.25, 0.3) is 5.69 Å². The number of benzene rings is 4. The minimum atomic E-state index is -0.946. The highest BCUT2D eigenvalue weighted by Crippen LogP contribution is 2.49. The number of carbonyl (C=O) groups excluding carboxylic acids is 1. The van der Waals surface area contributed by atoms with Crippen LogP contribution in [0.3, 0.4) is 0 Å². The largest absolute Gasteiger partial charge is 0.514 e. The minimum Gasteiger partial charge on any atom is -0.425 e. The second kappa shape index (κ2) is 12.1. The lowest BCUT2D eigenvalue weighted by Crippen LogP contribution is -2.34. The second-order valence-corrected chi connectivity index (χ2v) is 9.77. The highest BCUT2D eigenvalue weighted by atomic mass is 32.2. The fraction of sp³-hybridized carbons (Fsp3) is 0.167. The number of nitro groups is 1. The quantitative estimate of drug-likeness (QED) is 0.0587. The van der Waals surface area contributed by atoms with Gasteiger partial charge in [0.1, 0.15) is 16.6 Å². The van der Waals surface area contributed by atoms with Gasteiger partial charge >= 0.3 is 6.16 Å². The first-order valence-corrected chi connectivity index (χ1v) is 13.0. The Hall–Kier alpha value is -4.18. The molecule has 0 bridgehead atoms. The molecule has 0 spiro atoms. The number of non-ortho nitro benzene ring substituents is 1. The second-order valence-electron chi connectivity index (χ2n) is 8.79. The van der Waals surface area contributed by atoms with Crippen LogP contribution in [0.15, 0.2) is 115 Å². The molecule has 0 saturated carbocycles. The summed E-state index contributed by atoms with van der Waals surface area (Å²) in [5.74, 6) is 0.132. The Morgan fingerprint density at radius 2 is 1.26 bits per heavy atom. The van der Waals surface area contributed by atoms with Crippen LogP contribution in [0.4, 0.5) is 10.5 Å². The van der Waals surface area contributed by atoms with Gasteiger partial charge in [0, 0.05) is 24.2 Å². The number of nitrogens with zero attached hydrogens (tertiary/aromatic N) is 1. The Balaban J connectivity index is 1.36. The van der Waals surface area contributed by atoms with Crippen LogP contribution in [0.1, 0.15) is 16.7 Å². The Morgan fingerprint density at radius 3 is 1.74 bits per heavy atom.